The predicted octanol–water partition coefficient (Wildman–Crippen LogP) is 5.75. The fourth-order valence-electron chi connectivity index (χ4n) is 4.38. The van der Waals surface area contributed by atoms with Gasteiger partial charge in [0.05, 0.1) is 6.04 Å². The molecule has 1 aliphatic rings. The van der Waals surface area contributed by atoms with Crippen LogP contribution in [0.5, 0.6) is 5.75 Å². The van der Waals surface area contributed by atoms with E-state index in [1.54, 1.807) is 13.0 Å². The maximum Gasteiger partial charge on any atom is 0.265 e. The van der Waals surface area contributed by atoms with Crippen LogP contribution in [0.15, 0.2) is 72.8 Å². The minimum atomic E-state index is -0.739. The molecule has 1 aliphatic heterocycles. The molecule has 1 N–H and O–H groups in total. The van der Waals surface area contributed by atoms with Gasteiger partial charge in [-0.2, -0.15) is 0 Å². The fraction of sp³-hybridized carbons (Fsp3) is 0.310. The Kier molecular flexibility index (Phi) is 6.92. The van der Waals surface area contributed by atoms with Gasteiger partial charge in [-0.25, -0.2) is 4.39 Å². The summed E-state index contributed by atoms with van der Waals surface area (Å²) >= 11 is 0. The van der Waals surface area contributed by atoms with E-state index in [4.69, 9.17) is 4.74 Å². The molecule has 2 amide bonds. The van der Waals surface area contributed by atoms with Gasteiger partial charge in [-0.15, -0.1) is 0 Å². The van der Waals surface area contributed by atoms with Crippen LogP contribution in [0.25, 0.3) is 0 Å². The molecule has 0 aliphatic carbocycles. The zero-order valence-corrected chi connectivity index (χ0v) is 20.5. The molecule has 2 atom stereocenters. The van der Waals surface area contributed by atoms with Crippen LogP contribution in [0.4, 0.5) is 10.1 Å². The molecule has 0 saturated carbocycles. The highest BCUT2D eigenvalue weighted by molar-refractivity contribution is 5.94. The summed E-state index contributed by atoms with van der Waals surface area (Å²) in [6.45, 7) is 7.90. The summed E-state index contributed by atoms with van der Waals surface area (Å²) in [7, 11) is 0. The zero-order chi connectivity index (χ0) is 25.2. The highest BCUT2D eigenvalue weighted by Gasteiger charge is 2.37. The Hall–Kier alpha value is -3.67. The van der Waals surface area contributed by atoms with E-state index in [9.17, 15) is 14.0 Å². The third kappa shape index (κ3) is 5.53. The number of carbonyl (C=O) groups is 2. The average Bonchev–Trinajstić information content (AvgIpc) is 2.82. The van der Waals surface area contributed by atoms with Crippen LogP contribution in [0, 0.1) is 11.2 Å². The van der Waals surface area contributed by atoms with Gasteiger partial charge in [0, 0.05) is 17.6 Å². The van der Waals surface area contributed by atoms with Crippen molar-refractivity contribution < 1.29 is 18.7 Å². The number of fused-ring (bicyclic) bond motifs is 1. The number of hydrogen-bond donors (Lipinski definition) is 1. The SMILES string of the molecule is C[C@@H](Oc1ccc2c(c1)[C@@H](c1cccc(F)c1)N(C(=O)C(C)(C)C)CC2)C(=O)Nc1ccccc1. The number of anilines is 1. The first-order valence-corrected chi connectivity index (χ1v) is 11.9. The van der Waals surface area contributed by atoms with Crippen LogP contribution in [0.1, 0.15) is 50.4 Å². The van der Waals surface area contributed by atoms with Crippen LogP contribution in [0.2, 0.25) is 0 Å². The van der Waals surface area contributed by atoms with Gasteiger partial charge in [0.2, 0.25) is 5.91 Å². The van der Waals surface area contributed by atoms with Crippen molar-refractivity contribution in [3.05, 3.63) is 95.3 Å². The van der Waals surface area contributed by atoms with Crippen molar-refractivity contribution in [2.24, 2.45) is 5.41 Å². The highest BCUT2D eigenvalue weighted by atomic mass is 19.1. The maximum atomic E-state index is 14.2. The molecule has 0 aromatic heterocycles. The van der Waals surface area contributed by atoms with Crippen LogP contribution < -0.4 is 10.1 Å². The summed E-state index contributed by atoms with van der Waals surface area (Å²) in [4.78, 5) is 27.8. The Morgan fingerprint density at radius 1 is 1.03 bits per heavy atom. The van der Waals surface area contributed by atoms with E-state index in [2.05, 4.69) is 5.32 Å². The number of nitrogens with zero attached hydrogens (tertiary/aromatic N) is 1. The molecule has 0 fully saturated rings. The Bertz CT molecular complexity index is 1220. The Balaban J connectivity index is 1.65. The third-order valence-electron chi connectivity index (χ3n) is 6.14. The van der Waals surface area contributed by atoms with E-state index in [-0.39, 0.29) is 17.6 Å². The molecule has 0 spiro atoms. The molecule has 3 aromatic carbocycles. The zero-order valence-electron chi connectivity index (χ0n) is 20.5. The lowest BCUT2D eigenvalue weighted by Crippen LogP contribution is -2.45. The van der Waals surface area contributed by atoms with E-state index in [1.807, 2.05) is 80.3 Å². The van der Waals surface area contributed by atoms with Crippen molar-refractivity contribution in [3.63, 3.8) is 0 Å². The lowest BCUT2D eigenvalue weighted by Gasteiger charge is -2.41. The average molecular weight is 475 g/mol. The normalized spacial score (nSPS) is 16.3. The Morgan fingerprint density at radius 3 is 2.46 bits per heavy atom. The van der Waals surface area contributed by atoms with Crippen molar-refractivity contribution in [3.8, 4) is 5.75 Å². The number of rotatable bonds is 5. The second kappa shape index (κ2) is 9.90. The van der Waals surface area contributed by atoms with E-state index in [0.717, 1.165) is 11.1 Å². The number of carbonyl (C=O) groups excluding carboxylic acids is 2. The molecule has 0 bridgehead atoms. The first kappa shape index (κ1) is 24.5. The Labute approximate surface area is 205 Å². The van der Waals surface area contributed by atoms with Crippen LogP contribution in [-0.4, -0.2) is 29.4 Å². The number of amides is 2. The van der Waals surface area contributed by atoms with Crippen molar-refractivity contribution in [2.45, 2.75) is 46.3 Å². The van der Waals surface area contributed by atoms with Gasteiger partial charge >= 0.3 is 0 Å². The van der Waals surface area contributed by atoms with E-state index < -0.39 is 17.6 Å². The minimum absolute atomic E-state index is 0.000611. The van der Waals surface area contributed by atoms with Gasteiger partial charge in [0.15, 0.2) is 6.10 Å². The van der Waals surface area contributed by atoms with Crippen molar-refractivity contribution in [1.82, 2.24) is 4.90 Å². The molecule has 35 heavy (non-hydrogen) atoms. The summed E-state index contributed by atoms with van der Waals surface area (Å²) in [5.41, 5.74) is 2.77. The number of nitrogens with one attached hydrogen (secondary N) is 1. The van der Waals surface area contributed by atoms with Crippen LogP contribution >= 0.6 is 0 Å². The molecule has 1 heterocycles. The van der Waals surface area contributed by atoms with E-state index in [1.165, 1.54) is 12.1 Å². The van der Waals surface area contributed by atoms with Gasteiger partial charge < -0.3 is 15.0 Å². The van der Waals surface area contributed by atoms with Crippen LogP contribution in [-0.2, 0) is 16.0 Å². The first-order valence-electron chi connectivity index (χ1n) is 11.9. The first-order chi connectivity index (χ1) is 16.6. The summed E-state index contributed by atoms with van der Waals surface area (Å²) < 4.78 is 20.2. The molecule has 0 saturated heterocycles. The van der Waals surface area contributed by atoms with Gasteiger partial charge in [-0.3, -0.25) is 9.59 Å². The standard InChI is InChI=1S/C29H31FN2O3/c1-19(27(33)31-23-11-6-5-7-12-23)35-24-14-13-20-15-16-32(28(34)29(2,3)4)26(25(20)18-24)21-9-8-10-22(30)17-21/h5-14,17-19,26H,15-16H2,1-4H3,(H,31,33)/t19-,26-/m1/s1. The summed E-state index contributed by atoms with van der Waals surface area (Å²) in [5.74, 6) is -0.0956. The molecule has 6 heteroatoms. The lowest BCUT2D eigenvalue weighted by molar-refractivity contribution is -0.141. The van der Waals surface area contributed by atoms with Gasteiger partial charge in [-0.1, -0.05) is 57.2 Å². The number of halogens is 1. The lowest BCUT2D eigenvalue weighted by atomic mass is 9.85. The van der Waals surface area contributed by atoms with Gasteiger partial charge in [-0.05, 0) is 66.4 Å². The van der Waals surface area contributed by atoms with Crippen LogP contribution in [0.3, 0.4) is 0 Å². The largest absolute Gasteiger partial charge is 0.481 e. The third-order valence-corrected chi connectivity index (χ3v) is 6.14. The molecule has 4 rings (SSSR count). The quantitative estimate of drug-likeness (QED) is 0.512. The second-order valence-corrected chi connectivity index (χ2v) is 9.93. The fourth-order valence-corrected chi connectivity index (χ4v) is 4.38. The van der Waals surface area contributed by atoms with Gasteiger partial charge in [0.25, 0.3) is 5.91 Å². The summed E-state index contributed by atoms with van der Waals surface area (Å²) in [6, 6.07) is 20.8. The molecule has 3 aromatic rings. The molecule has 182 valence electrons. The number of benzene rings is 3. The predicted molar refractivity (Wildman–Crippen MR) is 135 cm³/mol. The number of ether oxygens (including phenoxy) is 1. The summed E-state index contributed by atoms with van der Waals surface area (Å²) in [5, 5.41) is 2.85. The monoisotopic (exact) mass is 474 g/mol. The smallest absolute Gasteiger partial charge is 0.265 e. The van der Waals surface area contributed by atoms with Gasteiger partial charge in [0.1, 0.15) is 11.6 Å². The molecule has 0 radical (unpaired) electrons. The second-order valence-electron chi connectivity index (χ2n) is 9.93. The maximum absolute atomic E-state index is 14.2. The van der Waals surface area contributed by atoms with E-state index >= 15 is 0 Å². The topological polar surface area (TPSA) is 58.6 Å². The number of para-hydroxylation sites is 1. The highest BCUT2D eigenvalue weighted by Crippen LogP contribution is 2.39. The Morgan fingerprint density at radius 2 is 1.77 bits per heavy atom. The minimum Gasteiger partial charge on any atom is -0.481 e. The number of hydrogen-bond acceptors (Lipinski definition) is 3. The van der Waals surface area contributed by atoms with Crippen molar-refractivity contribution in [2.75, 3.05) is 11.9 Å². The molecule has 0 unspecified atom stereocenters. The van der Waals surface area contributed by atoms with Crippen molar-refractivity contribution >= 4 is 17.5 Å². The van der Waals surface area contributed by atoms with E-state index in [0.29, 0.717) is 30.0 Å². The molecule has 5 nitrogen and oxygen atoms in total. The molecular formula is C29H31FN2O3. The summed E-state index contributed by atoms with van der Waals surface area (Å²) in [6.07, 6.45) is -0.0513. The van der Waals surface area contributed by atoms with Crippen molar-refractivity contribution in [1.29, 1.82) is 0 Å². The molecular weight excluding hydrogens is 443 g/mol.